The average Bonchev–Trinajstić information content (AvgIpc) is 3.05. The van der Waals surface area contributed by atoms with Gasteiger partial charge in [-0.15, -0.1) is 0 Å². The van der Waals surface area contributed by atoms with Gasteiger partial charge in [-0.25, -0.2) is 4.98 Å². The van der Waals surface area contributed by atoms with E-state index >= 15 is 0 Å². The lowest BCUT2D eigenvalue weighted by Crippen LogP contribution is -2.24. The van der Waals surface area contributed by atoms with Crippen LogP contribution in [0.4, 0.5) is 0 Å². The van der Waals surface area contributed by atoms with Crippen LogP contribution in [0.25, 0.3) is 10.9 Å². The van der Waals surface area contributed by atoms with Gasteiger partial charge in [-0.3, -0.25) is 14.2 Å². The van der Waals surface area contributed by atoms with Crippen LogP contribution in [0, 0.1) is 0 Å². The van der Waals surface area contributed by atoms with Crippen LogP contribution in [0.5, 0.6) is 5.75 Å². The number of halogens is 1. The van der Waals surface area contributed by atoms with Crippen molar-refractivity contribution in [1.82, 2.24) is 9.55 Å². The SMILES string of the molecule is O=C(Cn1cnc2ccc(Br)cc2c1=O)c1ccc2c(c1)CCO2. The first kappa shape index (κ1) is 15.1. The Bertz CT molecular complexity index is 1030. The number of fused-ring (bicyclic) bond motifs is 2. The number of benzene rings is 2. The lowest BCUT2D eigenvalue weighted by molar-refractivity contribution is 0.0970. The van der Waals surface area contributed by atoms with Crippen molar-refractivity contribution in [3.8, 4) is 5.75 Å². The molecule has 0 N–H and O–H groups in total. The second-order valence-electron chi connectivity index (χ2n) is 5.68. The smallest absolute Gasteiger partial charge is 0.261 e. The van der Waals surface area contributed by atoms with E-state index in [-0.39, 0.29) is 17.9 Å². The predicted octanol–water partition coefficient (Wildman–Crippen LogP) is 2.98. The molecule has 0 radical (unpaired) electrons. The molecule has 24 heavy (non-hydrogen) atoms. The summed E-state index contributed by atoms with van der Waals surface area (Å²) in [6, 6.07) is 10.7. The molecule has 0 saturated heterocycles. The summed E-state index contributed by atoms with van der Waals surface area (Å²) in [5, 5.41) is 0.488. The van der Waals surface area contributed by atoms with E-state index in [0.717, 1.165) is 22.2 Å². The fourth-order valence-electron chi connectivity index (χ4n) is 2.85. The molecule has 0 spiro atoms. The van der Waals surface area contributed by atoms with Gasteiger partial charge in [0.25, 0.3) is 5.56 Å². The first-order valence-corrected chi connectivity index (χ1v) is 8.35. The second-order valence-corrected chi connectivity index (χ2v) is 6.60. The average molecular weight is 385 g/mol. The number of ether oxygens (including phenoxy) is 1. The maximum Gasteiger partial charge on any atom is 0.261 e. The van der Waals surface area contributed by atoms with Crippen molar-refractivity contribution in [1.29, 1.82) is 0 Å². The van der Waals surface area contributed by atoms with Gasteiger partial charge in [0, 0.05) is 16.5 Å². The molecule has 1 aromatic heterocycles. The van der Waals surface area contributed by atoms with Gasteiger partial charge in [-0.1, -0.05) is 15.9 Å². The number of nitrogens with zero attached hydrogens (tertiary/aromatic N) is 2. The van der Waals surface area contributed by atoms with Gasteiger partial charge in [0.05, 0.1) is 30.4 Å². The van der Waals surface area contributed by atoms with Gasteiger partial charge in [0.1, 0.15) is 5.75 Å². The molecule has 5 nitrogen and oxygen atoms in total. The fourth-order valence-corrected chi connectivity index (χ4v) is 3.21. The first-order chi connectivity index (χ1) is 11.6. The number of carbonyl (C=O) groups is 1. The summed E-state index contributed by atoms with van der Waals surface area (Å²) >= 11 is 3.35. The van der Waals surface area contributed by atoms with Crippen LogP contribution in [0.2, 0.25) is 0 Å². The molecule has 0 atom stereocenters. The van der Waals surface area contributed by atoms with Crippen LogP contribution < -0.4 is 10.3 Å². The molecule has 3 aromatic rings. The molecule has 6 heteroatoms. The number of ketones is 1. The van der Waals surface area contributed by atoms with Gasteiger partial charge in [0.2, 0.25) is 0 Å². The van der Waals surface area contributed by atoms with Gasteiger partial charge in [-0.05, 0) is 42.0 Å². The molecule has 0 saturated carbocycles. The van der Waals surface area contributed by atoms with Crippen molar-refractivity contribution >= 4 is 32.6 Å². The van der Waals surface area contributed by atoms with E-state index in [9.17, 15) is 9.59 Å². The molecular weight excluding hydrogens is 372 g/mol. The van der Waals surface area contributed by atoms with Gasteiger partial charge < -0.3 is 4.74 Å². The Balaban J connectivity index is 1.67. The molecule has 0 fully saturated rings. The van der Waals surface area contributed by atoms with Crippen LogP contribution >= 0.6 is 15.9 Å². The predicted molar refractivity (Wildman–Crippen MR) is 93.7 cm³/mol. The Labute approximate surface area is 146 Å². The van der Waals surface area contributed by atoms with Crippen molar-refractivity contribution in [2.75, 3.05) is 6.61 Å². The Morgan fingerprint density at radius 3 is 3.00 bits per heavy atom. The molecule has 2 heterocycles. The molecular formula is C18H13BrN2O3. The standard InChI is InChI=1S/C18H13BrN2O3/c19-13-2-3-15-14(8-13)18(23)21(10-20-15)9-16(22)11-1-4-17-12(7-11)5-6-24-17/h1-4,7-8,10H,5-6,9H2. The summed E-state index contributed by atoms with van der Waals surface area (Å²) in [4.78, 5) is 29.4. The molecule has 4 rings (SSSR count). The highest BCUT2D eigenvalue weighted by atomic mass is 79.9. The summed E-state index contributed by atoms with van der Waals surface area (Å²) < 4.78 is 7.60. The zero-order valence-corrected chi connectivity index (χ0v) is 14.2. The Hall–Kier alpha value is -2.47. The van der Waals surface area contributed by atoms with Crippen molar-refractivity contribution < 1.29 is 9.53 Å². The zero-order chi connectivity index (χ0) is 16.7. The van der Waals surface area contributed by atoms with E-state index in [2.05, 4.69) is 20.9 Å². The summed E-state index contributed by atoms with van der Waals surface area (Å²) in [5.74, 6) is 0.712. The van der Waals surface area contributed by atoms with Crippen molar-refractivity contribution in [3.05, 3.63) is 68.7 Å². The molecule has 0 unspecified atom stereocenters. The third-order valence-corrected chi connectivity index (χ3v) is 4.60. The van der Waals surface area contributed by atoms with E-state index in [1.807, 2.05) is 18.2 Å². The summed E-state index contributed by atoms with van der Waals surface area (Å²) in [6.45, 7) is 0.615. The van der Waals surface area contributed by atoms with Crippen LogP contribution in [0.3, 0.4) is 0 Å². The number of carbonyl (C=O) groups excluding carboxylic acids is 1. The van der Waals surface area contributed by atoms with Gasteiger partial charge >= 0.3 is 0 Å². The van der Waals surface area contributed by atoms with Crippen molar-refractivity contribution in [2.24, 2.45) is 0 Å². The third-order valence-electron chi connectivity index (χ3n) is 4.11. The Kier molecular flexibility index (Phi) is 3.69. The minimum atomic E-state index is -0.223. The highest BCUT2D eigenvalue weighted by Gasteiger charge is 2.16. The largest absolute Gasteiger partial charge is 0.493 e. The topological polar surface area (TPSA) is 61.2 Å². The van der Waals surface area contributed by atoms with E-state index in [4.69, 9.17) is 4.74 Å². The second kappa shape index (κ2) is 5.87. The monoisotopic (exact) mass is 384 g/mol. The van der Waals surface area contributed by atoms with E-state index in [0.29, 0.717) is 23.1 Å². The molecule has 120 valence electrons. The first-order valence-electron chi connectivity index (χ1n) is 7.55. The van der Waals surface area contributed by atoms with E-state index in [1.165, 1.54) is 10.9 Å². The van der Waals surface area contributed by atoms with E-state index in [1.54, 1.807) is 18.2 Å². The maximum absolute atomic E-state index is 12.6. The van der Waals surface area contributed by atoms with Crippen LogP contribution in [0.15, 0.2) is 52.0 Å². The van der Waals surface area contributed by atoms with Crippen molar-refractivity contribution in [3.63, 3.8) is 0 Å². The molecule has 2 aromatic carbocycles. The van der Waals surface area contributed by atoms with Crippen LogP contribution in [-0.2, 0) is 13.0 Å². The number of Topliss-reactive ketones (excluding diaryl/α,β-unsaturated/α-hetero) is 1. The number of hydrogen-bond donors (Lipinski definition) is 0. The zero-order valence-electron chi connectivity index (χ0n) is 12.7. The lowest BCUT2D eigenvalue weighted by Gasteiger charge is -2.07. The molecule has 0 bridgehead atoms. The molecule has 1 aliphatic rings. The van der Waals surface area contributed by atoms with Crippen molar-refractivity contribution in [2.45, 2.75) is 13.0 Å². The Morgan fingerprint density at radius 2 is 2.12 bits per heavy atom. The Morgan fingerprint density at radius 1 is 1.25 bits per heavy atom. The number of hydrogen-bond acceptors (Lipinski definition) is 4. The molecule has 0 amide bonds. The molecule has 0 aliphatic carbocycles. The normalized spacial score (nSPS) is 12.9. The minimum absolute atomic E-state index is 0.0338. The highest BCUT2D eigenvalue weighted by molar-refractivity contribution is 9.10. The molecule has 1 aliphatic heterocycles. The maximum atomic E-state index is 12.6. The summed E-state index contributed by atoms with van der Waals surface area (Å²) in [7, 11) is 0. The van der Waals surface area contributed by atoms with E-state index < -0.39 is 0 Å². The number of aromatic nitrogens is 2. The fraction of sp³-hybridized carbons (Fsp3) is 0.167. The number of rotatable bonds is 3. The van der Waals surface area contributed by atoms with Crippen LogP contribution in [-0.4, -0.2) is 21.9 Å². The quantitative estimate of drug-likeness (QED) is 0.651. The highest BCUT2D eigenvalue weighted by Crippen LogP contribution is 2.26. The minimum Gasteiger partial charge on any atom is -0.493 e. The van der Waals surface area contributed by atoms with Gasteiger partial charge in [0.15, 0.2) is 5.78 Å². The lowest BCUT2D eigenvalue weighted by atomic mass is 10.1. The third kappa shape index (κ3) is 2.63. The van der Waals surface area contributed by atoms with Gasteiger partial charge in [-0.2, -0.15) is 0 Å². The summed E-state index contributed by atoms with van der Waals surface area (Å²) in [6.07, 6.45) is 2.23. The summed E-state index contributed by atoms with van der Waals surface area (Å²) in [5.41, 5.74) is 2.01. The van der Waals surface area contributed by atoms with Crippen LogP contribution in [0.1, 0.15) is 15.9 Å².